The molecule has 0 aliphatic carbocycles. The van der Waals surface area contributed by atoms with Gasteiger partial charge in [-0.1, -0.05) is 109 Å². The van der Waals surface area contributed by atoms with Crippen LogP contribution in [0.2, 0.25) is 0 Å². The number of phosphoric ester groups is 1. The standard InChI is InChI=1S/C42H68N5O9P/c1-5-6-7-8-9-10-11-12-13-14-15-16-17-18-19-20-25-53-30-37(54-29-34-21-24-39(51-3)35(26-34)28-43)31-55-57(49,50)56-32-42(2,52-4)40(48)27-36-22-23-38-41(44)45-33-46-47(36)38/h21-24,26,33,37,40,48H,5-20,25,27,29-32H2,1-4H3,(H,49,50)(H2,44,45,46)/t37-,40+,42-/m1/s1. The maximum atomic E-state index is 13.1. The summed E-state index contributed by atoms with van der Waals surface area (Å²) in [5.41, 5.74) is 6.86. The minimum absolute atomic E-state index is 0.0838. The zero-order chi connectivity index (χ0) is 41.4. The van der Waals surface area contributed by atoms with E-state index in [4.69, 9.17) is 33.7 Å². The molecule has 3 aromatic rings. The fourth-order valence-corrected chi connectivity index (χ4v) is 7.40. The molecule has 15 heteroatoms. The highest BCUT2D eigenvalue weighted by molar-refractivity contribution is 7.47. The van der Waals surface area contributed by atoms with Crippen molar-refractivity contribution >= 4 is 19.2 Å². The average Bonchev–Trinajstić information content (AvgIpc) is 3.63. The van der Waals surface area contributed by atoms with Gasteiger partial charge in [0.1, 0.15) is 35.4 Å². The number of nitrogen functional groups attached to an aromatic ring is 1. The predicted molar refractivity (Wildman–Crippen MR) is 221 cm³/mol. The first kappa shape index (κ1) is 48.3. The molecule has 0 aliphatic rings. The van der Waals surface area contributed by atoms with E-state index in [1.807, 2.05) is 0 Å². The highest BCUT2D eigenvalue weighted by Gasteiger charge is 2.38. The van der Waals surface area contributed by atoms with Crippen molar-refractivity contribution in [1.29, 1.82) is 5.26 Å². The summed E-state index contributed by atoms with van der Waals surface area (Å²) in [6.45, 7) is 3.81. The van der Waals surface area contributed by atoms with Gasteiger partial charge in [0.2, 0.25) is 0 Å². The summed E-state index contributed by atoms with van der Waals surface area (Å²) in [5.74, 6) is 0.751. The Balaban J connectivity index is 1.42. The van der Waals surface area contributed by atoms with Gasteiger partial charge in [0, 0.05) is 25.8 Å². The number of nitriles is 1. The Morgan fingerprint density at radius 1 is 0.912 bits per heavy atom. The van der Waals surface area contributed by atoms with Crippen molar-refractivity contribution in [3.05, 3.63) is 53.5 Å². The Morgan fingerprint density at radius 3 is 2.14 bits per heavy atom. The van der Waals surface area contributed by atoms with E-state index in [9.17, 15) is 19.8 Å². The van der Waals surface area contributed by atoms with Crippen LogP contribution >= 0.6 is 7.82 Å². The van der Waals surface area contributed by atoms with Crippen molar-refractivity contribution in [2.24, 2.45) is 0 Å². The largest absolute Gasteiger partial charge is 0.495 e. The molecule has 2 aromatic heterocycles. The molecule has 0 spiro atoms. The number of rotatable bonds is 33. The molecule has 1 unspecified atom stereocenters. The van der Waals surface area contributed by atoms with E-state index >= 15 is 0 Å². The van der Waals surface area contributed by atoms with E-state index in [1.165, 1.54) is 104 Å². The number of benzene rings is 1. The molecule has 1 aromatic carbocycles. The van der Waals surface area contributed by atoms with Crippen molar-refractivity contribution < 1.29 is 42.6 Å². The first-order valence-electron chi connectivity index (χ1n) is 20.7. The van der Waals surface area contributed by atoms with E-state index in [1.54, 1.807) is 41.8 Å². The quantitative estimate of drug-likeness (QED) is 0.0392. The second-order valence-electron chi connectivity index (χ2n) is 15.0. The summed E-state index contributed by atoms with van der Waals surface area (Å²) in [6.07, 6.45) is 20.1. The van der Waals surface area contributed by atoms with Gasteiger partial charge in [-0.2, -0.15) is 10.4 Å². The number of fused-ring (bicyclic) bond motifs is 1. The molecule has 0 aliphatic heterocycles. The SMILES string of the molecule is CCCCCCCCCCCCCCCCCCOC[C@H](COP(=O)(O)OC[C@@](C)(OC)[C@@H](O)Cc1ccc2c(N)ncnn12)OCc1ccc(OC)c(C#N)c1. The third kappa shape index (κ3) is 17.7. The summed E-state index contributed by atoms with van der Waals surface area (Å²) in [6, 6.07) is 10.8. The molecular weight excluding hydrogens is 749 g/mol. The summed E-state index contributed by atoms with van der Waals surface area (Å²) >= 11 is 0. The van der Waals surface area contributed by atoms with E-state index in [-0.39, 0.29) is 26.2 Å². The monoisotopic (exact) mass is 817 g/mol. The van der Waals surface area contributed by atoms with Gasteiger partial charge in [-0.05, 0) is 43.2 Å². The first-order chi connectivity index (χ1) is 27.6. The Hall–Kier alpha value is -3.12. The number of unbranched alkanes of at least 4 members (excludes halogenated alkanes) is 15. The van der Waals surface area contributed by atoms with Crippen LogP contribution in [0, 0.1) is 11.3 Å². The molecule has 4 N–H and O–H groups in total. The van der Waals surface area contributed by atoms with Crippen LogP contribution in [-0.2, 0) is 40.9 Å². The molecule has 4 atom stereocenters. The summed E-state index contributed by atoms with van der Waals surface area (Å²) < 4.78 is 48.2. The number of hydrogen-bond donors (Lipinski definition) is 3. The van der Waals surface area contributed by atoms with E-state index in [0.717, 1.165) is 19.3 Å². The molecule has 2 heterocycles. The van der Waals surface area contributed by atoms with Gasteiger partial charge in [0.05, 0.1) is 45.2 Å². The lowest BCUT2D eigenvalue weighted by atomic mass is 9.96. The molecular formula is C42H68N5O9P. The van der Waals surface area contributed by atoms with Gasteiger partial charge in [-0.25, -0.2) is 14.1 Å². The number of aliphatic hydroxyl groups excluding tert-OH is 1. The van der Waals surface area contributed by atoms with Crippen LogP contribution in [0.15, 0.2) is 36.7 Å². The summed E-state index contributed by atoms with van der Waals surface area (Å²) in [7, 11) is -1.76. The van der Waals surface area contributed by atoms with Crippen molar-refractivity contribution in [3.8, 4) is 11.8 Å². The molecule has 0 bridgehead atoms. The Kier molecular flexibility index (Phi) is 22.7. The molecule has 0 saturated heterocycles. The van der Waals surface area contributed by atoms with Crippen LogP contribution in [-0.4, -0.2) is 83.1 Å². The molecule has 57 heavy (non-hydrogen) atoms. The maximum absolute atomic E-state index is 13.1. The van der Waals surface area contributed by atoms with Gasteiger partial charge in [-0.3, -0.25) is 9.05 Å². The van der Waals surface area contributed by atoms with Gasteiger partial charge in [0.25, 0.3) is 0 Å². The second kappa shape index (κ2) is 26.8. The minimum Gasteiger partial charge on any atom is -0.495 e. The van der Waals surface area contributed by atoms with Crippen molar-refractivity contribution in [2.75, 3.05) is 46.4 Å². The number of aliphatic hydroxyl groups is 1. The molecule has 3 rings (SSSR count). The number of hydrogen-bond acceptors (Lipinski definition) is 12. The molecule has 320 valence electrons. The zero-order valence-electron chi connectivity index (χ0n) is 34.7. The normalized spacial score (nSPS) is 14.9. The Labute approximate surface area is 340 Å². The molecule has 0 amide bonds. The average molecular weight is 818 g/mol. The van der Waals surface area contributed by atoms with Gasteiger partial charge in [0.15, 0.2) is 5.82 Å². The third-order valence-corrected chi connectivity index (χ3v) is 11.3. The number of phosphoric acid groups is 1. The highest BCUT2D eigenvalue weighted by atomic mass is 31.2. The van der Waals surface area contributed by atoms with Gasteiger partial charge < -0.3 is 34.7 Å². The fourth-order valence-electron chi connectivity index (χ4n) is 6.55. The Bertz CT molecular complexity index is 1650. The minimum atomic E-state index is -4.64. The number of aromatic nitrogens is 3. The second-order valence-corrected chi connectivity index (χ2v) is 16.5. The van der Waals surface area contributed by atoms with E-state index in [0.29, 0.717) is 40.5 Å². The molecule has 14 nitrogen and oxygen atoms in total. The summed E-state index contributed by atoms with van der Waals surface area (Å²) in [5, 5.41) is 24.8. The van der Waals surface area contributed by atoms with Crippen LogP contribution in [0.3, 0.4) is 0 Å². The molecule has 0 saturated carbocycles. The third-order valence-electron chi connectivity index (χ3n) is 10.4. The van der Waals surface area contributed by atoms with Crippen molar-refractivity contribution in [1.82, 2.24) is 14.6 Å². The number of anilines is 1. The maximum Gasteiger partial charge on any atom is 0.472 e. The fraction of sp³-hybridized carbons (Fsp3) is 0.690. The lowest BCUT2D eigenvalue weighted by Crippen LogP contribution is -2.46. The van der Waals surface area contributed by atoms with Crippen molar-refractivity contribution in [3.63, 3.8) is 0 Å². The molecule has 0 radical (unpaired) electrons. The van der Waals surface area contributed by atoms with E-state index in [2.05, 4.69) is 23.1 Å². The Morgan fingerprint density at radius 2 is 1.54 bits per heavy atom. The predicted octanol–water partition coefficient (Wildman–Crippen LogP) is 8.50. The molecule has 0 fully saturated rings. The van der Waals surface area contributed by atoms with Crippen LogP contribution < -0.4 is 10.5 Å². The highest BCUT2D eigenvalue weighted by Crippen LogP contribution is 2.44. The number of nitrogens with zero attached hydrogens (tertiary/aromatic N) is 4. The van der Waals surface area contributed by atoms with Crippen LogP contribution in [0.1, 0.15) is 133 Å². The lowest BCUT2D eigenvalue weighted by Gasteiger charge is -2.33. The van der Waals surface area contributed by atoms with Crippen molar-refractivity contribution in [2.45, 2.75) is 147 Å². The van der Waals surface area contributed by atoms with Gasteiger partial charge in [-0.15, -0.1) is 0 Å². The van der Waals surface area contributed by atoms with Crippen LogP contribution in [0.25, 0.3) is 5.52 Å². The van der Waals surface area contributed by atoms with Crippen LogP contribution in [0.5, 0.6) is 5.75 Å². The summed E-state index contributed by atoms with van der Waals surface area (Å²) in [4.78, 5) is 14.6. The smallest absolute Gasteiger partial charge is 0.472 e. The number of ether oxygens (including phenoxy) is 4. The lowest BCUT2D eigenvalue weighted by molar-refractivity contribution is -0.116. The van der Waals surface area contributed by atoms with Gasteiger partial charge >= 0.3 is 7.82 Å². The first-order valence-corrected chi connectivity index (χ1v) is 22.2. The zero-order valence-corrected chi connectivity index (χ0v) is 35.6. The number of nitrogens with two attached hydrogens (primary N) is 1. The topological polar surface area (TPSA) is 193 Å². The number of methoxy groups -OCH3 is 2. The van der Waals surface area contributed by atoms with Crippen LogP contribution in [0.4, 0.5) is 5.82 Å². The van der Waals surface area contributed by atoms with E-state index < -0.39 is 32.2 Å².